The number of amides is 2. The van der Waals surface area contributed by atoms with Gasteiger partial charge in [0.1, 0.15) is 6.10 Å². The average Bonchev–Trinajstić information content (AvgIpc) is 3.35. The zero-order chi connectivity index (χ0) is 19.9. The molecule has 1 atom stereocenters. The van der Waals surface area contributed by atoms with E-state index in [1.165, 1.54) is 0 Å². The Labute approximate surface area is 164 Å². The van der Waals surface area contributed by atoms with Gasteiger partial charge in [-0.25, -0.2) is 0 Å². The van der Waals surface area contributed by atoms with E-state index in [2.05, 4.69) is 20.8 Å². The highest BCUT2D eigenvalue weighted by molar-refractivity contribution is 5.95. The lowest BCUT2D eigenvalue weighted by molar-refractivity contribution is -0.124. The quantitative estimate of drug-likeness (QED) is 0.721. The minimum absolute atomic E-state index is 0.0836. The molecule has 1 fully saturated rings. The second-order valence-corrected chi connectivity index (χ2v) is 7.17. The number of nitrogens with one attached hydrogen (secondary N) is 2. The summed E-state index contributed by atoms with van der Waals surface area (Å²) in [5.74, 6) is 1.25. The van der Waals surface area contributed by atoms with Gasteiger partial charge < -0.3 is 19.9 Å². The van der Waals surface area contributed by atoms with Gasteiger partial charge in [0.05, 0.1) is 0 Å². The number of aromatic nitrogens is 2. The van der Waals surface area contributed by atoms with Crippen molar-refractivity contribution < 1.29 is 18.8 Å². The summed E-state index contributed by atoms with van der Waals surface area (Å²) in [7, 11) is 0. The summed E-state index contributed by atoms with van der Waals surface area (Å²) < 4.78 is 10.5. The Kier molecular flexibility index (Phi) is 6.76. The largest absolute Gasteiger partial charge is 0.368 e. The van der Waals surface area contributed by atoms with E-state index in [-0.39, 0.29) is 23.8 Å². The molecule has 1 aliphatic rings. The van der Waals surface area contributed by atoms with Gasteiger partial charge in [-0.2, -0.15) is 4.98 Å². The van der Waals surface area contributed by atoms with E-state index in [4.69, 9.17) is 9.26 Å². The molecule has 2 amide bonds. The first-order valence-electron chi connectivity index (χ1n) is 9.66. The Balaban J connectivity index is 1.40. The molecule has 8 heteroatoms. The van der Waals surface area contributed by atoms with Crippen LogP contribution in [-0.4, -0.2) is 34.7 Å². The highest BCUT2D eigenvalue weighted by atomic mass is 16.5. The van der Waals surface area contributed by atoms with Crippen molar-refractivity contribution in [2.24, 2.45) is 0 Å². The fourth-order valence-corrected chi connectivity index (χ4v) is 2.87. The van der Waals surface area contributed by atoms with Crippen molar-refractivity contribution in [2.45, 2.75) is 58.0 Å². The van der Waals surface area contributed by atoms with E-state index in [9.17, 15) is 9.59 Å². The minimum atomic E-state index is -0.366. The zero-order valence-corrected chi connectivity index (χ0v) is 16.2. The second-order valence-electron chi connectivity index (χ2n) is 7.17. The van der Waals surface area contributed by atoms with Crippen molar-refractivity contribution in [2.75, 3.05) is 17.2 Å². The number of hydrogen-bond acceptors (Lipinski definition) is 6. The average molecular weight is 386 g/mol. The number of carbonyl (C=O) groups is 2. The number of hydrogen-bond donors (Lipinski definition) is 2. The van der Waals surface area contributed by atoms with Crippen molar-refractivity contribution in [3.05, 3.63) is 36.0 Å². The normalized spacial score (nSPS) is 16.3. The molecule has 0 saturated carbocycles. The number of ether oxygens (including phenoxy) is 1. The predicted octanol–water partition coefficient (Wildman–Crippen LogP) is 3.27. The molecule has 0 spiro atoms. The topological polar surface area (TPSA) is 106 Å². The summed E-state index contributed by atoms with van der Waals surface area (Å²) in [5.41, 5.74) is 1.36. The van der Waals surface area contributed by atoms with E-state index in [1.54, 1.807) is 24.3 Å². The van der Waals surface area contributed by atoms with Gasteiger partial charge in [-0.3, -0.25) is 9.59 Å². The first-order valence-corrected chi connectivity index (χ1v) is 9.66. The fourth-order valence-electron chi connectivity index (χ4n) is 2.87. The third-order valence-corrected chi connectivity index (χ3v) is 4.45. The summed E-state index contributed by atoms with van der Waals surface area (Å²) in [5, 5.41) is 9.58. The number of nitrogens with zero attached hydrogens (tertiary/aromatic N) is 2. The van der Waals surface area contributed by atoms with Crippen LogP contribution in [0, 0.1) is 0 Å². The molecule has 2 heterocycles. The smallest absolute Gasteiger partial charge is 0.253 e. The molecular weight excluding hydrogens is 360 g/mol. The van der Waals surface area contributed by atoms with Crippen LogP contribution in [-0.2, 0) is 20.7 Å². The molecule has 1 saturated heterocycles. The molecule has 1 aromatic carbocycles. The van der Waals surface area contributed by atoms with Crippen LogP contribution in [0.2, 0.25) is 0 Å². The molecule has 0 radical (unpaired) electrons. The molecule has 1 aliphatic heterocycles. The Morgan fingerprint density at radius 1 is 1.18 bits per heavy atom. The van der Waals surface area contributed by atoms with Gasteiger partial charge in [0.15, 0.2) is 5.82 Å². The molecule has 0 aliphatic carbocycles. The van der Waals surface area contributed by atoms with Crippen molar-refractivity contribution in [1.29, 1.82) is 0 Å². The van der Waals surface area contributed by atoms with Crippen LogP contribution in [0.15, 0.2) is 28.8 Å². The van der Waals surface area contributed by atoms with Gasteiger partial charge in [-0.1, -0.05) is 19.0 Å². The SMILES string of the molecule is CC(C)c1noc(CCCC(=O)Nc2ccc(NC(=O)C3CCCO3)cc2)n1. The first-order chi connectivity index (χ1) is 13.5. The molecule has 1 unspecified atom stereocenters. The molecule has 2 aromatic rings. The van der Waals surface area contributed by atoms with Crippen LogP contribution in [0.1, 0.15) is 57.2 Å². The Hall–Kier alpha value is -2.74. The summed E-state index contributed by atoms with van der Waals surface area (Å²) >= 11 is 0. The van der Waals surface area contributed by atoms with E-state index in [0.717, 1.165) is 12.8 Å². The Morgan fingerprint density at radius 3 is 2.50 bits per heavy atom. The lowest BCUT2D eigenvalue weighted by Crippen LogP contribution is -2.26. The molecule has 3 rings (SSSR count). The van der Waals surface area contributed by atoms with Gasteiger partial charge in [-0.15, -0.1) is 0 Å². The van der Waals surface area contributed by atoms with Crippen LogP contribution < -0.4 is 10.6 Å². The van der Waals surface area contributed by atoms with Crippen molar-refractivity contribution in [1.82, 2.24) is 10.1 Å². The van der Waals surface area contributed by atoms with Crippen LogP contribution in [0.3, 0.4) is 0 Å². The number of benzene rings is 1. The summed E-state index contributed by atoms with van der Waals surface area (Å²) in [6, 6.07) is 7.04. The Bertz CT molecular complexity index is 795. The fraction of sp³-hybridized carbons (Fsp3) is 0.500. The second kappa shape index (κ2) is 9.45. The van der Waals surface area contributed by atoms with Gasteiger partial charge in [-0.05, 0) is 43.5 Å². The van der Waals surface area contributed by atoms with Crippen LogP contribution in [0.5, 0.6) is 0 Å². The molecule has 150 valence electrons. The van der Waals surface area contributed by atoms with E-state index < -0.39 is 0 Å². The molecule has 28 heavy (non-hydrogen) atoms. The van der Waals surface area contributed by atoms with Gasteiger partial charge in [0.25, 0.3) is 5.91 Å². The zero-order valence-electron chi connectivity index (χ0n) is 16.2. The van der Waals surface area contributed by atoms with Crippen LogP contribution in [0.25, 0.3) is 0 Å². The highest BCUT2D eigenvalue weighted by Crippen LogP contribution is 2.18. The molecule has 8 nitrogen and oxygen atoms in total. The van der Waals surface area contributed by atoms with Crippen LogP contribution in [0.4, 0.5) is 11.4 Å². The van der Waals surface area contributed by atoms with E-state index in [1.807, 2.05) is 13.8 Å². The molecule has 1 aromatic heterocycles. The number of anilines is 2. The molecule has 0 bridgehead atoms. The van der Waals surface area contributed by atoms with E-state index >= 15 is 0 Å². The minimum Gasteiger partial charge on any atom is -0.368 e. The first kappa shape index (κ1) is 20.0. The van der Waals surface area contributed by atoms with Gasteiger partial charge in [0.2, 0.25) is 11.8 Å². The third-order valence-electron chi connectivity index (χ3n) is 4.45. The third kappa shape index (κ3) is 5.63. The standard InChI is InChI=1S/C20H26N4O4/c1-13(2)19-23-18(28-24-19)7-3-6-17(25)21-14-8-10-15(11-9-14)22-20(26)16-5-4-12-27-16/h8-11,13,16H,3-7,12H2,1-2H3,(H,21,25)(H,22,26). The number of rotatable bonds is 8. The highest BCUT2D eigenvalue weighted by Gasteiger charge is 2.23. The van der Waals surface area contributed by atoms with Gasteiger partial charge in [0, 0.05) is 36.7 Å². The van der Waals surface area contributed by atoms with Crippen molar-refractivity contribution >= 4 is 23.2 Å². The van der Waals surface area contributed by atoms with Crippen molar-refractivity contribution in [3.63, 3.8) is 0 Å². The summed E-state index contributed by atoms with van der Waals surface area (Å²) in [6.07, 6.45) is 2.85. The van der Waals surface area contributed by atoms with Crippen LogP contribution >= 0.6 is 0 Å². The number of carbonyl (C=O) groups excluding carboxylic acids is 2. The molecular formula is C20H26N4O4. The maximum Gasteiger partial charge on any atom is 0.253 e. The van der Waals surface area contributed by atoms with E-state index in [0.29, 0.717) is 49.0 Å². The van der Waals surface area contributed by atoms with Gasteiger partial charge >= 0.3 is 0 Å². The summed E-state index contributed by atoms with van der Waals surface area (Å²) in [4.78, 5) is 28.4. The molecule has 2 N–H and O–H groups in total. The van der Waals surface area contributed by atoms with Crippen molar-refractivity contribution in [3.8, 4) is 0 Å². The lowest BCUT2D eigenvalue weighted by Gasteiger charge is -2.11. The summed E-state index contributed by atoms with van der Waals surface area (Å²) in [6.45, 7) is 4.64. The lowest BCUT2D eigenvalue weighted by atomic mass is 10.2. The Morgan fingerprint density at radius 2 is 1.89 bits per heavy atom. The maximum atomic E-state index is 12.1. The predicted molar refractivity (Wildman–Crippen MR) is 104 cm³/mol. The number of aryl methyl sites for hydroxylation is 1. The maximum absolute atomic E-state index is 12.1. The monoisotopic (exact) mass is 386 g/mol.